The van der Waals surface area contributed by atoms with Gasteiger partial charge in [-0.1, -0.05) is 32.0 Å². The molecule has 3 aromatic rings. The first-order chi connectivity index (χ1) is 13.9. The molecule has 0 unspecified atom stereocenters. The van der Waals surface area contributed by atoms with Crippen molar-refractivity contribution in [3.8, 4) is 23.0 Å². The zero-order chi connectivity index (χ0) is 20.3. The van der Waals surface area contributed by atoms with Crippen LogP contribution in [0.4, 0.5) is 0 Å². The van der Waals surface area contributed by atoms with E-state index in [1.165, 1.54) is 12.1 Å². The molecular weight excluding hydrogens is 368 g/mol. The van der Waals surface area contributed by atoms with Crippen molar-refractivity contribution in [2.24, 2.45) is 5.92 Å². The Labute approximate surface area is 168 Å². The van der Waals surface area contributed by atoms with Crippen LogP contribution in [0.2, 0.25) is 0 Å². The second-order valence-electron chi connectivity index (χ2n) is 7.97. The Balaban J connectivity index is 1.85. The van der Waals surface area contributed by atoms with Gasteiger partial charge in [0.05, 0.1) is 5.56 Å². The van der Waals surface area contributed by atoms with E-state index in [1.807, 2.05) is 18.2 Å². The molecule has 0 fully saturated rings. The number of carbonyl (C=O) groups excluding carboxylic acids is 1. The molecule has 2 aliphatic rings. The van der Waals surface area contributed by atoms with Crippen LogP contribution in [0, 0.1) is 5.92 Å². The summed E-state index contributed by atoms with van der Waals surface area (Å²) in [5, 5.41) is 20.0. The molecule has 0 atom stereocenters. The smallest absolute Gasteiger partial charge is 0.340 e. The van der Waals surface area contributed by atoms with Gasteiger partial charge >= 0.3 is 5.97 Å². The van der Waals surface area contributed by atoms with E-state index in [-0.39, 0.29) is 17.5 Å². The first-order valence-electron chi connectivity index (χ1n) is 9.60. The van der Waals surface area contributed by atoms with E-state index in [2.05, 4.69) is 13.8 Å². The van der Waals surface area contributed by atoms with Crippen LogP contribution in [-0.2, 0) is 16.8 Å². The Bertz CT molecular complexity index is 1110. The molecular formula is C24H20O5. The molecule has 5 heteroatoms. The number of carbonyl (C=O) groups is 1. The van der Waals surface area contributed by atoms with Crippen LogP contribution in [-0.4, -0.2) is 16.2 Å². The van der Waals surface area contributed by atoms with Gasteiger partial charge in [-0.3, -0.25) is 0 Å². The van der Waals surface area contributed by atoms with Gasteiger partial charge < -0.3 is 19.7 Å². The minimum Gasteiger partial charge on any atom is -0.508 e. The van der Waals surface area contributed by atoms with E-state index in [0.717, 1.165) is 17.5 Å². The van der Waals surface area contributed by atoms with E-state index in [0.29, 0.717) is 34.1 Å². The third kappa shape index (κ3) is 2.43. The van der Waals surface area contributed by atoms with E-state index >= 15 is 0 Å². The van der Waals surface area contributed by atoms with Crippen molar-refractivity contribution in [1.29, 1.82) is 0 Å². The summed E-state index contributed by atoms with van der Waals surface area (Å²) in [6, 6.07) is 15.3. The highest BCUT2D eigenvalue weighted by atomic mass is 16.6. The lowest BCUT2D eigenvalue weighted by atomic mass is 9.76. The van der Waals surface area contributed by atoms with Crippen LogP contribution in [0.5, 0.6) is 23.0 Å². The SMILES string of the molecule is CC(C)Cc1cccc2c1C(=O)OC21c2ccc(O)cc2Oc2cc(O)ccc21. The highest BCUT2D eigenvalue weighted by molar-refractivity contribution is 5.98. The molecule has 29 heavy (non-hydrogen) atoms. The Morgan fingerprint density at radius 3 is 2.10 bits per heavy atom. The Hall–Kier alpha value is -3.47. The summed E-state index contributed by atoms with van der Waals surface area (Å²) in [5.74, 6) is 0.863. The second kappa shape index (κ2) is 6.01. The lowest BCUT2D eigenvalue weighted by Crippen LogP contribution is -2.32. The van der Waals surface area contributed by atoms with Crippen molar-refractivity contribution in [1.82, 2.24) is 0 Å². The number of esters is 1. The number of benzene rings is 3. The average Bonchev–Trinajstić information content (AvgIpc) is 2.95. The maximum atomic E-state index is 13.1. The molecule has 0 saturated carbocycles. The van der Waals surface area contributed by atoms with Crippen LogP contribution >= 0.6 is 0 Å². The number of hydrogen-bond donors (Lipinski definition) is 2. The average molecular weight is 388 g/mol. The van der Waals surface area contributed by atoms with Gasteiger partial charge in [0.2, 0.25) is 0 Å². The third-order valence-electron chi connectivity index (χ3n) is 5.52. The fourth-order valence-corrected chi connectivity index (χ4v) is 4.43. The molecule has 0 amide bonds. The summed E-state index contributed by atoms with van der Waals surface area (Å²) in [6.45, 7) is 4.22. The molecule has 146 valence electrons. The Kier molecular flexibility index (Phi) is 3.65. The molecule has 0 aliphatic carbocycles. The van der Waals surface area contributed by atoms with Gasteiger partial charge in [0, 0.05) is 28.8 Å². The Morgan fingerprint density at radius 2 is 1.52 bits per heavy atom. The second-order valence-corrected chi connectivity index (χ2v) is 7.97. The first kappa shape index (κ1) is 17.6. The zero-order valence-corrected chi connectivity index (χ0v) is 16.1. The molecule has 2 heterocycles. The summed E-state index contributed by atoms with van der Waals surface area (Å²) in [5.41, 5.74) is 2.38. The summed E-state index contributed by atoms with van der Waals surface area (Å²) >= 11 is 0. The van der Waals surface area contributed by atoms with E-state index in [9.17, 15) is 15.0 Å². The maximum absolute atomic E-state index is 13.1. The van der Waals surface area contributed by atoms with Gasteiger partial charge in [0.25, 0.3) is 0 Å². The quantitative estimate of drug-likeness (QED) is 0.613. The predicted molar refractivity (Wildman–Crippen MR) is 107 cm³/mol. The highest BCUT2D eigenvalue weighted by Crippen LogP contribution is 2.57. The molecule has 0 aromatic heterocycles. The molecule has 3 aromatic carbocycles. The van der Waals surface area contributed by atoms with Crippen molar-refractivity contribution in [2.45, 2.75) is 25.9 Å². The normalized spacial score (nSPS) is 15.5. The van der Waals surface area contributed by atoms with Crippen molar-refractivity contribution in [3.63, 3.8) is 0 Å². The van der Waals surface area contributed by atoms with Crippen molar-refractivity contribution in [2.75, 3.05) is 0 Å². The van der Waals surface area contributed by atoms with Crippen molar-refractivity contribution in [3.05, 3.63) is 82.4 Å². The lowest BCUT2D eigenvalue weighted by molar-refractivity contribution is 0.0223. The number of phenolic OH excluding ortho intramolecular Hbond substituents is 2. The standard InChI is InChI=1S/C24H20O5/c1-13(2)10-14-4-3-5-19-22(14)23(27)29-24(19)17-8-6-15(25)11-20(17)28-21-12-16(26)7-9-18(21)24/h3-9,11-13,25-26H,10H2,1-2H3. The summed E-state index contributed by atoms with van der Waals surface area (Å²) in [4.78, 5) is 13.1. The fraction of sp³-hybridized carbons (Fsp3) is 0.208. The van der Waals surface area contributed by atoms with E-state index < -0.39 is 5.60 Å². The fourth-order valence-electron chi connectivity index (χ4n) is 4.43. The first-order valence-corrected chi connectivity index (χ1v) is 9.60. The molecule has 0 bridgehead atoms. The number of fused-ring (bicyclic) bond motifs is 6. The number of ether oxygens (including phenoxy) is 2. The largest absolute Gasteiger partial charge is 0.508 e. The van der Waals surface area contributed by atoms with Crippen LogP contribution in [0.1, 0.15) is 46.5 Å². The summed E-state index contributed by atoms with van der Waals surface area (Å²) in [7, 11) is 0. The highest BCUT2D eigenvalue weighted by Gasteiger charge is 2.54. The van der Waals surface area contributed by atoms with Crippen LogP contribution in [0.15, 0.2) is 54.6 Å². The van der Waals surface area contributed by atoms with Crippen molar-refractivity contribution < 1.29 is 24.5 Å². The Morgan fingerprint density at radius 1 is 0.897 bits per heavy atom. The molecule has 2 N–H and O–H groups in total. The third-order valence-corrected chi connectivity index (χ3v) is 5.52. The molecule has 0 saturated heterocycles. The van der Waals surface area contributed by atoms with Gasteiger partial charge in [-0.15, -0.1) is 0 Å². The summed E-state index contributed by atoms with van der Waals surface area (Å²) in [6.07, 6.45) is 0.760. The molecule has 1 spiro atoms. The number of aromatic hydroxyl groups is 2. The van der Waals surface area contributed by atoms with E-state index in [4.69, 9.17) is 9.47 Å². The number of hydrogen-bond acceptors (Lipinski definition) is 5. The van der Waals surface area contributed by atoms with Crippen LogP contribution in [0.25, 0.3) is 0 Å². The molecule has 5 rings (SSSR count). The van der Waals surface area contributed by atoms with Crippen LogP contribution in [0.3, 0.4) is 0 Å². The zero-order valence-electron chi connectivity index (χ0n) is 16.1. The van der Waals surface area contributed by atoms with Gasteiger partial charge in [-0.2, -0.15) is 0 Å². The van der Waals surface area contributed by atoms with Crippen LogP contribution < -0.4 is 4.74 Å². The topological polar surface area (TPSA) is 76.0 Å². The van der Waals surface area contributed by atoms with Gasteiger partial charge in [0.15, 0.2) is 5.60 Å². The van der Waals surface area contributed by atoms with Gasteiger partial charge in [-0.05, 0) is 42.2 Å². The van der Waals surface area contributed by atoms with Gasteiger partial charge in [-0.25, -0.2) is 4.79 Å². The van der Waals surface area contributed by atoms with Gasteiger partial charge in [0.1, 0.15) is 23.0 Å². The number of rotatable bonds is 2. The molecule has 0 radical (unpaired) electrons. The molecule has 2 aliphatic heterocycles. The number of phenols is 2. The monoisotopic (exact) mass is 388 g/mol. The minimum absolute atomic E-state index is 0.0422. The van der Waals surface area contributed by atoms with Crippen molar-refractivity contribution >= 4 is 5.97 Å². The lowest BCUT2D eigenvalue weighted by Gasteiger charge is -2.36. The predicted octanol–water partition coefficient (Wildman–Crippen LogP) is 4.86. The minimum atomic E-state index is -1.19. The summed E-state index contributed by atoms with van der Waals surface area (Å²) < 4.78 is 12.1. The molecule has 5 nitrogen and oxygen atoms in total. The maximum Gasteiger partial charge on any atom is 0.340 e. The van der Waals surface area contributed by atoms with E-state index in [1.54, 1.807) is 24.3 Å².